The minimum Gasteiger partial charge on any atom is -0.318 e. The fraction of sp³-hybridized carbons (Fsp3) is 0.152. The highest BCUT2D eigenvalue weighted by Crippen LogP contribution is 2.41. The molecule has 202 valence electrons. The number of aromatic nitrogens is 2. The molecule has 0 spiro atoms. The van der Waals surface area contributed by atoms with E-state index < -0.39 is 4.92 Å². The van der Waals surface area contributed by atoms with Crippen molar-refractivity contribution in [2.24, 2.45) is 4.99 Å². The second kappa shape index (κ2) is 9.67. The van der Waals surface area contributed by atoms with Crippen molar-refractivity contribution < 1.29 is 4.92 Å². The molecule has 41 heavy (non-hydrogen) atoms. The summed E-state index contributed by atoms with van der Waals surface area (Å²) in [6.45, 7) is 3.99. The molecule has 0 saturated heterocycles. The predicted molar refractivity (Wildman–Crippen MR) is 161 cm³/mol. The van der Waals surface area contributed by atoms with E-state index in [0.29, 0.717) is 9.33 Å². The van der Waals surface area contributed by atoms with Gasteiger partial charge in [0.15, 0.2) is 4.80 Å². The van der Waals surface area contributed by atoms with Gasteiger partial charge in [0.2, 0.25) is 0 Å². The molecule has 5 aromatic rings. The molecular formula is C33H26N4O3S. The first-order valence-corrected chi connectivity index (χ1v) is 14.3. The van der Waals surface area contributed by atoms with Crippen molar-refractivity contribution in [3.05, 3.63) is 154 Å². The van der Waals surface area contributed by atoms with E-state index in [9.17, 15) is 14.9 Å². The predicted octanol–water partition coefficient (Wildman–Crippen LogP) is 5.63. The first-order chi connectivity index (χ1) is 19.9. The second-order valence-corrected chi connectivity index (χ2v) is 11.5. The summed E-state index contributed by atoms with van der Waals surface area (Å²) in [6, 6.07) is 27.0. The Balaban J connectivity index is 1.40. The lowest BCUT2D eigenvalue weighted by molar-refractivity contribution is -0.384. The van der Waals surface area contributed by atoms with Crippen LogP contribution in [0.5, 0.6) is 0 Å². The van der Waals surface area contributed by atoms with E-state index in [-0.39, 0.29) is 17.3 Å². The van der Waals surface area contributed by atoms with E-state index in [1.165, 1.54) is 34.6 Å². The average molecular weight is 559 g/mol. The molecule has 7 rings (SSSR count). The zero-order valence-electron chi connectivity index (χ0n) is 22.6. The zero-order valence-corrected chi connectivity index (χ0v) is 23.4. The molecule has 0 N–H and O–H groups in total. The summed E-state index contributed by atoms with van der Waals surface area (Å²) in [5.41, 5.74) is 9.40. The Hall–Kier alpha value is -4.82. The van der Waals surface area contributed by atoms with E-state index in [0.717, 1.165) is 52.3 Å². The number of benzene rings is 3. The van der Waals surface area contributed by atoms with E-state index in [1.807, 2.05) is 48.8 Å². The van der Waals surface area contributed by atoms with Crippen molar-refractivity contribution in [2.45, 2.75) is 32.7 Å². The molecule has 2 aliphatic rings. The number of nitro benzene ring substituents is 1. The molecule has 3 heterocycles. The molecule has 3 aromatic carbocycles. The van der Waals surface area contributed by atoms with Crippen molar-refractivity contribution in [1.29, 1.82) is 0 Å². The number of aryl methyl sites for hydroxylation is 2. The van der Waals surface area contributed by atoms with E-state index in [2.05, 4.69) is 41.0 Å². The summed E-state index contributed by atoms with van der Waals surface area (Å²) in [7, 11) is 0. The Morgan fingerprint density at radius 3 is 2.46 bits per heavy atom. The summed E-state index contributed by atoms with van der Waals surface area (Å²) in [4.78, 5) is 30.6. The lowest BCUT2D eigenvalue weighted by Gasteiger charge is -2.30. The van der Waals surface area contributed by atoms with Crippen LogP contribution in [0.2, 0.25) is 0 Å². The van der Waals surface area contributed by atoms with Crippen LogP contribution in [0.25, 0.3) is 17.5 Å². The highest BCUT2D eigenvalue weighted by Gasteiger charge is 2.32. The molecule has 2 aromatic heterocycles. The van der Waals surface area contributed by atoms with Crippen molar-refractivity contribution in [3.8, 4) is 5.69 Å². The van der Waals surface area contributed by atoms with Crippen molar-refractivity contribution in [1.82, 2.24) is 9.13 Å². The Morgan fingerprint density at radius 1 is 0.976 bits per heavy atom. The van der Waals surface area contributed by atoms with Gasteiger partial charge in [0, 0.05) is 34.8 Å². The van der Waals surface area contributed by atoms with Gasteiger partial charge in [0.25, 0.3) is 11.2 Å². The van der Waals surface area contributed by atoms with Gasteiger partial charge in [-0.3, -0.25) is 19.5 Å². The maximum absolute atomic E-state index is 14.1. The standard InChI is InChI=1S/C33H26N4O3S/c1-20-18-24(21(2)35(20)25-13-15-26(16-14-25)37(39)40)19-29-32(38)36-31(23-9-4-3-5-10-23)28-17-12-22-8-6-7-11-27(22)30(28)34-33(36)41-29/h3-11,13-16,18-19,31H,12,17H2,1-2H3/b29-19+/t31-/m1/s1. The number of thiazole rings is 1. The third kappa shape index (κ3) is 4.10. The van der Waals surface area contributed by atoms with Gasteiger partial charge in [-0.2, -0.15) is 0 Å². The highest BCUT2D eigenvalue weighted by molar-refractivity contribution is 7.07. The molecule has 0 bridgehead atoms. The quantitative estimate of drug-likeness (QED) is 0.212. The van der Waals surface area contributed by atoms with E-state index in [1.54, 1.807) is 12.1 Å². The summed E-state index contributed by atoms with van der Waals surface area (Å²) in [5.74, 6) is 0. The van der Waals surface area contributed by atoms with Crippen LogP contribution >= 0.6 is 11.3 Å². The minimum atomic E-state index is -0.399. The number of non-ortho nitro benzene ring substituents is 1. The minimum absolute atomic E-state index is 0.0480. The maximum atomic E-state index is 14.1. The van der Waals surface area contributed by atoms with Crippen LogP contribution in [0.1, 0.15) is 46.1 Å². The Morgan fingerprint density at radius 2 is 1.71 bits per heavy atom. The normalized spacial score (nSPS) is 16.1. The largest absolute Gasteiger partial charge is 0.318 e. The van der Waals surface area contributed by atoms with Crippen LogP contribution in [0, 0.1) is 24.0 Å². The van der Waals surface area contributed by atoms with Gasteiger partial charge in [-0.1, -0.05) is 65.9 Å². The van der Waals surface area contributed by atoms with Gasteiger partial charge in [-0.15, -0.1) is 0 Å². The number of rotatable bonds is 4. The summed E-state index contributed by atoms with van der Waals surface area (Å²) < 4.78 is 4.55. The lowest BCUT2D eigenvalue weighted by Crippen LogP contribution is -2.38. The van der Waals surface area contributed by atoms with Crippen LogP contribution in [0.15, 0.2) is 100 Å². The van der Waals surface area contributed by atoms with Gasteiger partial charge in [-0.05, 0) is 73.2 Å². The number of nitro groups is 1. The molecule has 0 saturated carbocycles. The Kier molecular flexibility index (Phi) is 5.94. The van der Waals surface area contributed by atoms with Gasteiger partial charge >= 0.3 is 0 Å². The number of fused-ring (bicyclic) bond motifs is 3. The zero-order chi connectivity index (χ0) is 28.2. The Labute approximate surface area is 239 Å². The van der Waals surface area contributed by atoms with Crippen LogP contribution in [0.4, 0.5) is 5.69 Å². The number of allylic oxidation sites excluding steroid dienone is 1. The fourth-order valence-electron chi connectivity index (χ4n) is 6.15. The molecule has 1 atom stereocenters. The van der Waals surface area contributed by atoms with Crippen LogP contribution in [-0.4, -0.2) is 14.1 Å². The van der Waals surface area contributed by atoms with E-state index >= 15 is 0 Å². The van der Waals surface area contributed by atoms with Crippen LogP contribution in [-0.2, 0) is 6.42 Å². The van der Waals surface area contributed by atoms with Crippen LogP contribution < -0.4 is 14.9 Å². The lowest BCUT2D eigenvalue weighted by atomic mass is 9.83. The van der Waals surface area contributed by atoms with Gasteiger partial charge < -0.3 is 4.57 Å². The molecule has 0 fully saturated rings. The van der Waals surface area contributed by atoms with Crippen molar-refractivity contribution >= 4 is 28.8 Å². The maximum Gasteiger partial charge on any atom is 0.271 e. The van der Waals surface area contributed by atoms with Gasteiger partial charge in [-0.25, -0.2) is 4.99 Å². The first-order valence-electron chi connectivity index (χ1n) is 13.5. The molecule has 1 aliphatic heterocycles. The molecule has 8 heteroatoms. The second-order valence-electron chi connectivity index (χ2n) is 10.5. The molecule has 0 radical (unpaired) electrons. The van der Waals surface area contributed by atoms with Gasteiger partial charge in [0.1, 0.15) is 0 Å². The Bertz CT molecular complexity index is 2070. The summed E-state index contributed by atoms with van der Waals surface area (Å²) in [5, 5.41) is 11.1. The number of nitrogens with zero attached hydrogens (tertiary/aromatic N) is 4. The molecular weight excluding hydrogens is 532 g/mol. The SMILES string of the molecule is Cc1cc(/C=c2/sc3n(c2=O)[C@H](c2ccccc2)C2=C(N=3)c3ccccc3CC2)c(C)n1-c1ccc([N+](=O)[O-])cc1. The first kappa shape index (κ1) is 25.2. The molecule has 1 aliphatic carbocycles. The number of hydrogen-bond donors (Lipinski definition) is 0. The molecule has 0 amide bonds. The third-order valence-electron chi connectivity index (χ3n) is 8.06. The third-order valence-corrected chi connectivity index (χ3v) is 9.05. The monoisotopic (exact) mass is 558 g/mol. The van der Waals surface area contributed by atoms with E-state index in [4.69, 9.17) is 4.99 Å². The summed E-state index contributed by atoms with van der Waals surface area (Å²) >= 11 is 1.42. The highest BCUT2D eigenvalue weighted by atomic mass is 32.1. The van der Waals surface area contributed by atoms with Gasteiger partial charge in [0.05, 0.1) is 21.2 Å². The topological polar surface area (TPSA) is 82.4 Å². The van der Waals surface area contributed by atoms with Crippen LogP contribution in [0.3, 0.4) is 0 Å². The van der Waals surface area contributed by atoms with Crippen molar-refractivity contribution in [3.63, 3.8) is 0 Å². The average Bonchev–Trinajstić information content (AvgIpc) is 3.45. The smallest absolute Gasteiger partial charge is 0.271 e. The number of hydrogen-bond acceptors (Lipinski definition) is 5. The molecule has 0 unspecified atom stereocenters. The fourth-order valence-corrected chi connectivity index (χ4v) is 7.15. The molecule has 7 nitrogen and oxygen atoms in total. The summed E-state index contributed by atoms with van der Waals surface area (Å²) in [6.07, 6.45) is 3.73. The van der Waals surface area contributed by atoms with Crippen molar-refractivity contribution in [2.75, 3.05) is 0 Å².